The van der Waals surface area contributed by atoms with Crippen molar-refractivity contribution in [2.75, 3.05) is 12.4 Å². The molecule has 2 N–H and O–H groups in total. The third-order valence-corrected chi connectivity index (χ3v) is 6.15. The molecule has 31 heavy (non-hydrogen) atoms. The lowest BCUT2D eigenvalue weighted by atomic mass is 10.2. The van der Waals surface area contributed by atoms with Crippen molar-refractivity contribution in [2.45, 2.75) is 12.3 Å². The largest absolute Gasteiger partial charge is 0.497 e. The average Bonchev–Trinajstić information content (AvgIpc) is 3.31. The predicted molar refractivity (Wildman–Crippen MR) is 123 cm³/mol. The van der Waals surface area contributed by atoms with E-state index in [9.17, 15) is 14.4 Å². The number of nitrogens with one attached hydrogen (secondary N) is 2. The summed E-state index contributed by atoms with van der Waals surface area (Å²) in [5.74, 6) is 0.0466. The highest BCUT2D eigenvalue weighted by Gasteiger charge is 2.18. The van der Waals surface area contributed by atoms with Crippen LogP contribution in [0.5, 0.6) is 5.75 Å². The topological polar surface area (TPSA) is 74.1 Å². The fourth-order valence-corrected chi connectivity index (χ4v) is 4.29. The van der Waals surface area contributed by atoms with E-state index in [1.165, 1.54) is 29.2 Å². The van der Waals surface area contributed by atoms with E-state index in [1.54, 1.807) is 49.6 Å². The highest BCUT2D eigenvalue weighted by atomic mass is 32.2. The number of halogens is 1. The number of amides is 1. The van der Waals surface area contributed by atoms with E-state index in [1.807, 2.05) is 23.6 Å². The van der Waals surface area contributed by atoms with Crippen LogP contribution in [0.25, 0.3) is 0 Å². The fraction of sp³-hybridized carbons (Fsp3) is 0.130. The van der Waals surface area contributed by atoms with E-state index in [0.29, 0.717) is 28.6 Å². The summed E-state index contributed by atoms with van der Waals surface area (Å²) in [6.45, 7) is 0.325. The van der Waals surface area contributed by atoms with Crippen LogP contribution in [-0.4, -0.2) is 13.0 Å². The molecule has 5 nitrogen and oxygen atoms in total. The Hall–Kier alpha value is -3.28. The van der Waals surface area contributed by atoms with Crippen molar-refractivity contribution in [3.63, 3.8) is 0 Å². The van der Waals surface area contributed by atoms with Crippen molar-refractivity contribution in [1.29, 1.82) is 5.26 Å². The van der Waals surface area contributed by atoms with Gasteiger partial charge in [0.1, 0.15) is 23.2 Å². The minimum absolute atomic E-state index is 0.0688. The molecule has 1 aromatic heterocycles. The van der Waals surface area contributed by atoms with Crippen LogP contribution in [0.3, 0.4) is 0 Å². The Morgan fingerprint density at radius 2 is 2.03 bits per heavy atom. The molecule has 0 spiro atoms. The number of thiophene rings is 1. The lowest BCUT2D eigenvalue weighted by molar-refractivity contribution is -0.117. The zero-order valence-electron chi connectivity index (χ0n) is 16.7. The zero-order chi connectivity index (χ0) is 22.1. The fourth-order valence-electron chi connectivity index (χ4n) is 2.64. The molecule has 3 aromatic rings. The van der Waals surface area contributed by atoms with Gasteiger partial charge >= 0.3 is 0 Å². The summed E-state index contributed by atoms with van der Waals surface area (Å²) in [5.41, 5.74) is 1.06. The molecule has 1 amide bonds. The van der Waals surface area contributed by atoms with E-state index < -0.39 is 5.91 Å². The van der Waals surface area contributed by atoms with E-state index in [4.69, 9.17) is 4.74 Å². The predicted octanol–water partition coefficient (Wildman–Crippen LogP) is 5.29. The molecule has 0 aliphatic carbocycles. The highest BCUT2D eigenvalue weighted by molar-refractivity contribution is 8.02. The Balaban J connectivity index is 1.86. The third kappa shape index (κ3) is 6.35. The molecule has 2 aromatic carbocycles. The SMILES string of the molecule is COc1cccc(NC(SCc2ccccc2F)=C(C#N)C(=O)NCc2cccs2)c1. The maximum atomic E-state index is 14.1. The Kier molecular flexibility index (Phi) is 8.10. The number of rotatable bonds is 9. The first-order valence-electron chi connectivity index (χ1n) is 9.33. The van der Waals surface area contributed by atoms with Crippen LogP contribution in [-0.2, 0) is 17.1 Å². The molecule has 0 unspecified atom stereocenters. The monoisotopic (exact) mass is 453 g/mol. The number of hydrogen-bond donors (Lipinski definition) is 2. The molecule has 0 bridgehead atoms. The lowest BCUT2D eigenvalue weighted by Crippen LogP contribution is -2.25. The second-order valence-corrected chi connectivity index (χ2v) is 8.33. The number of nitrogens with zero attached hydrogens (tertiary/aromatic N) is 1. The molecular weight excluding hydrogens is 433 g/mol. The molecule has 0 saturated heterocycles. The van der Waals surface area contributed by atoms with E-state index in [-0.39, 0.29) is 17.1 Å². The van der Waals surface area contributed by atoms with Gasteiger partial charge in [-0.1, -0.05) is 30.3 Å². The average molecular weight is 454 g/mol. The second kappa shape index (κ2) is 11.2. The van der Waals surface area contributed by atoms with Crippen molar-refractivity contribution >= 4 is 34.7 Å². The number of anilines is 1. The van der Waals surface area contributed by atoms with Gasteiger partial charge in [-0.15, -0.1) is 23.1 Å². The number of benzene rings is 2. The van der Waals surface area contributed by atoms with Crippen LogP contribution in [0.4, 0.5) is 10.1 Å². The smallest absolute Gasteiger partial charge is 0.264 e. The first-order chi connectivity index (χ1) is 15.1. The van der Waals surface area contributed by atoms with E-state index in [0.717, 1.165) is 4.88 Å². The first kappa shape index (κ1) is 22.4. The minimum Gasteiger partial charge on any atom is -0.497 e. The van der Waals surface area contributed by atoms with Crippen LogP contribution in [0.15, 0.2) is 76.6 Å². The van der Waals surface area contributed by atoms with Gasteiger partial charge in [-0.25, -0.2) is 4.39 Å². The number of ether oxygens (including phenoxy) is 1. The summed E-state index contributed by atoms with van der Waals surface area (Å²) in [6, 6.07) is 19.4. The van der Waals surface area contributed by atoms with Crippen LogP contribution in [0.1, 0.15) is 10.4 Å². The Bertz CT molecular complexity index is 1110. The summed E-state index contributed by atoms with van der Waals surface area (Å²) in [7, 11) is 1.56. The number of nitriles is 1. The number of methoxy groups -OCH3 is 1. The van der Waals surface area contributed by atoms with Gasteiger partial charge in [-0.3, -0.25) is 4.79 Å². The minimum atomic E-state index is -0.498. The van der Waals surface area contributed by atoms with Gasteiger partial charge in [0.25, 0.3) is 5.91 Å². The van der Waals surface area contributed by atoms with Gasteiger partial charge < -0.3 is 15.4 Å². The van der Waals surface area contributed by atoms with Crippen LogP contribution in [0, 0.1) is 17.1 Å². The normalized spacial score (nSPS) is 11.3. The Morgan fingerprint density at radius 3 is 2.74 bits per heavy atom. The molecule has 0 fully saturated rings. The molecule has 0 aliphatic rings. The van der Waals surface area contributed by atoms with Gasteiger partial charge in [-0.2, -0.15) is 5.26 Å². The molecule has 3 rings (SSSR count). The Morgan fingerprint density at radius 1 is 1.19 bits per heavy atom. The van der Waals surface area contributed by atoms with Crippen LogP contribution in [0.2, 0.25) is 0 Å². The number of thioether (sulfide) groups is 1. The summed E-state index contributed by atoms with van der Waals surface area (Å²) >= 11 is 2.71. The second-order valence-electron chi connectivity index (χ2n) is 6.32. The van der Waals surface area contributed by atoms with Gasteiger partial charge in [0.2, 0.25) is 0 Å². The van der Waals surface area contributed by atoms with Crippen molar-refractivity contribution in [2.24, 2.45) is 0 Å². The summed E-state index contributed by atoms with van der Waals surface area (Å²) < 4.78 is 19.3. The van der Waals surface area contributed by atoms with Gasteiger partial charge in [0, 0.05) is 22.4 Å². The Labute approximate surface area is 188 Å². The molecule has 0 atom stereocenters. The van der Waals surface area contributed by atoms with Crippen molar-refractivity contribution in [3.8, 4) is 11.8 Å². The molecule has 0 saturated carbocycles. The van der Waals surface area contributed by atoms with Crippen molar-refractivity contribution in [3.05, 3.63) is 92.9 Å². The van der Waals surface area contributed by atoms with Crippen LogP contribution < -0.4 is 15.4 Å². The quantitative estimate of drug-likeness (QED) is 0.340. The molecular formula is C23H20FN3O2S2. The molecule has 0 radical (unpaired) electrons. The number of carbonyl (C=O) groups excluding carboxylic acids is 1. The van der Waals surface area contributed by atoms with Crippen molar-refractivity contribution < 1.29 is 13.9 Å². The number of carbonyl (C=O) groups is 1. The van der Waals surface area contributed by atoms with E-state index >= 15 is 0 Å². The van der Waals surface area contributed by atoms with E-state index in [2.05, 4.69) is 10.6 Å². The molecule has 0 aliphatic heterocycles. The molecule has 158 valence electrons. The zero-order valence-corrected chi connectivity index (χ0v) is 18.4. The summed E-state index contributed by atoms with van der Waals surface area (Å²) in [6.07, 6.45) is 0. The maximum absolute atomic E-state index is 14.1. The van der Waals surface area contributed by atoms with Crippen molar-refractivity contribution in [1.82, 2.24) is 5.32 Å². The standard InChI is InChI=1S/C23H20FN3O2S2/c1-29-18-8-4-7-17(12-18)27-23(31-15-16-6-2-3-10-21(16)24)20(13-25)22(28)26-14-19-9-5-11-30-19/h2-12,27H,14-15H2,1H3,(H,26,28). The lowest BCUT2D eigenvalue weighted by Gasteiger charge is -2.14. The number of hydrogen-bond acceptors (Lipinski definition) is 6. The maximum Gasteiger partial charge on any atom is 0.264 e. The molecule has 1 heterocycles. The highest BCUT2D eigenvalue weighted by Crippen LogP contribution is 2.28. The summed E-state index contributed by atoms with van der Waals surface area (Å²) in [5, 5.41) is 17.9. The molecule has 8 heteroatoms. The van der Waals surface area contributed by atoms with Crippen LogP contribution >= 0.6 is 23.1 Å². The van der Waals surface area contributed by atoms with Gasteiger partial charge in [0.05, 0.1) is 18.7 Å². The third-order valence-electron chi connectivity index (χ3n) is 4.23. The van der Waals surface area contributed by atoms with Gasteiger partial charge in [0.15, 0.2) is 0 Å². The summed E-state index contributed by atoms with van der Waals surface area (Å²) in [4.78, 5) is 13.7. The first-order valence-corrected chi connectivity index (χ1v) is 11.2. The van der Waals surface area contributed by atoms with Gasteiger partial charge in [-0.05, 0) is 35.2 Å².